The lowest BCUT2D eigenvalue weighted by atomic mass is 9.87. The Morgan fingerprint density at radius 2 is 1.84 bits per heavy atom. The number of rotatable bonds is 3. The Morgan fingerprint density at radius 1 is 1.20 bits per heavy atom. The van der Waals surface area contributed by atoms with Gasteiger partial charge in [-0.2, -0.15) is 0 Å². The molecule has 1 aromatic rings. The first kappa shape index (κ1) is 19.4. The van der Waals surface area contributed by atoms with Crippen molar-refractivity contribution in [3.8, 4) is 0 Å². The summed E-state index contributed by atoms with van der Waals surface area (Å²) in [5, 5.41) is 6.89. The van der Waals surface area contributed by atoms with E-state index in [-0.39, 0.29) is 18.4 Å². The van der Waals surface area contributed by atoms with Gasteiger partial charge >= 0.3 is 0 Å². The molecule has 1 aliphatic carbocycles. The van der Waals surface area contributed by atoms with Gasteiger partial charge in [-0.1, -0.05) is 37.1 Å². The van der Waals surface area contributed by atoms with E-state index in [9.17, 15) is 4.79 Å². The van der Waals surface area contributed by atoms with E-state index in [2.05, 4.69) is 29.2 Å². The molecule has 0 aromatic heterocycles. The predicted molar refractivity (Wildman–Crippen MR) is 98.5 cm³/mol. The number of carbonyl (C=O) groups excluding carboxylic acids is 1. The lowest BCUT2D eigenvalue weighted by molar-refractivity contribution is -0.133. The molecule has 1 N–H and O–H groups in total. The Kier molecular flexibility index (Phi) is 7.92. The number of benzene rings is 1. The summed E-state index contributed by atoms with van der Waals surface area (Å²) in [7, 11) is 1.99. The van der Waals surface area contributed by atoms with Gasteiger partial charge in [-0.15, -0.1) is 0 Å². The number of likely N-dealkylation sites (tertiary alicyclic amines) is 1. The molecule has 0 bridgehead atoms. The molecule has 1 saturated heterocycles. The molecule has 5 nitrogen and oxygen atoms in total. The molecule has 25 heavy (non-hydrogen) atoms. The summed E-state index contributed by atoms with van der Waals surface area (Å²) < 4.78 is 0. The van der Waals surface area contributed by atoms with Gasteiger partial charge < -0.3 is 10.0 Å². The Bertz CT molecular complexity index is 554. The molecule has 1 atom stereocenters. The van der Waals surface area contributed by atoms with E-state index in [1.54, 1.807) is 0 Å². The Hall–Kier alpha value is -1.88. The molecule has 1 heterocycles. The van der Waals surface area contributed by atoms with Gasteiger partial charge in [0.25, 0.3) is 6.47 Å². The van der Waals surface area contributed by atoms with Crippen LogP contribution in [0.1, 0.15) is 55.7 Å². The van der Waals surface area contributed by atoms with E-state index < -0.39 is 0 Å². The zero-order valence-corrected chi connectivity index (χ0v) is 15.2. The van der Waals surface area contributed by atoms with Crippen molar-refractivity contribution < 1.29 is 14.7 Å². The monoisotopic (exact) mass is 346 g/mol. The molecule has 1 aromatic carbocycles. The van der Waals surface area contributed by atoms with Crippen molar-refractivity contribution in [3.05, 3.63) is 35.4 Å². The summed E-state index contributed by atoms with van der Waals surface area (Å²) in [4.78, 5) is 25.4. The maximum atomic E-state index is 12.7. The Morgan fingerprint density at radius 3 is 2.52 bits per heavy atom. The number of carboxylic acid groups (broad SMARTS) is 1. The van der Waals surface area contributed by atoms with Gasteiger partial charge in [0.1, 0.15) is 0 Å². The third-order valence-electron chi connectivity index (χ3n) is 5.26. The fraction of sp³-hybridized carbons (Fsp3) is 0.600. The molecular formula is C20H30N2O3. The molecule has 2 aliphatic rings. The molecule has 0 spiro atoms. The zero-order chi connectivity index (χ0) is 18.1. The number of aryl methyl sites for hydroxylation is 1. The van der Waals surface area contributed by atoms with E-state index in [4.69, 9.17) is 9.90 Å². The summed E-state index contributed by atoms with van der Waals surface area (Å²) in [5.74, 6) is 0.281. The first-order chi connectivity index (χ1) is 12.2. The second-order valence-electron chi connectivity index (χ2n) is 6.91. The molecule has 5 heteroatoms. The number of likely N-dealkylation sites (N-methyl/N-ethyl adjacent to an activating group) is 1. The molecule has 138 valence electrons. The van der Waals surface area contributed by atoms with Crippen molar-refractivity contribution in [1.29, 1.82) is 0 Å². The lowest BCUT2D eigenvalue weighted by Crippen LogP contribution is -2.41. The molecule has 1 unspecified atom stereocenters. The fourth-order valence-corrected chi connectivity index (χ4v) is 3.90. The number of hydrogen-bond donors (Lipinski definition) is 1. The van der Waals surface area contributed by atoms with E-state index in [0.717, 1.165) is 25.9 Å². The van der Waals surface area contributed by atoms with Crippen molar-refractivity contribution in [2.24, 2.45) is 0 Å². The van der Waals surface area contributed by atoms with Gasteiger partial charge in [0.05, 0.1) is 12.6 Å². The van der Waals surface area contributed by atoms with E-state index in [1.807, 2.05) is 11.9 Å². The third-order valence-corrected chi connectivity index (χ3v) is 5.26. The van der Waals surface area contributed by atoms with E-state index >= 15 is 0 Å². The first-order valence-electron chi connectivity index (χ1n) is 9.31. The molecule has 0 radical (unpaired) electrons. The average molecular weight is 346 g/mol. The minimum absolute atomic E-state index is 0.250. The molecule has 1 aliphatic heterocycles. The van der Waals surface area contributed by atoms with Crippen molar-refractivity contribution >= 4 is 12.4 Å². The standard InChI is InChI=1S/C19H28N2O.CH2O2/c1-20(19(22)15-21-13-6-2-3-7-14-21)18-12-8-10-16-9-4-5-11-17(16)18;2-1-3/h4-5,9,11,18H,2-3,6-8,10,12-15H2,1H3;1H,(H,2,3). The van der Waals surface area contributed by atoms with Gasteiger partial charge in [-0.05, 0) is 56.3 Å². The fourth-order valence-electron chi connectivity index (χ4n) is 3.90. The summed E-state index contributed by atoms with van der Waals surface area (Å²) in [6.07, 6.45) is 8.54. The SMILES string of the molecule is CN(C(=O)CN1CCCCCC1)C1CCCc2ccccc21.O=CO. The van der Waals surface area contributed by atoms with Crippen LogP contribution in [0.2, 0.25) is 0 Å². The molecule has 1 amide bonds. The zero-order valence-electron chi connectivity index (χ0n) is 15.2. The Labute approximate surface area is 150 Å². The van der Waals surface area contributed by atoms with E-state index in [1.165, 1.54) is 43.2 Å². The van der Waals surface area contributed by atoms with Gasteiger partial charge in [-0.3, -0.25) is 14.5 Å². The minimum Gasteiger partial charge on any atom is -0.483 e. The van der Waals surface area contributed by atoms with Crippen LogP contribution in [0, 0.1) is 0 Å². The lowest BCUT2D eigenvalue weighted by Gasteiger charge is -2.34. The van der Waals surface area contributed by atoms with Crippen LogP contribution in [0.15, 0.2) is 24.3 Å². The summed E-state index contributed by atoms with van der Waals surface area (Å²) >= 11 is 0. The quantitative estimate of drug-likeness (QED) is 0.855. The summed E-state index contributed by atoms with van der Waals surface area (Å²) in [5.41, 5.74) is 2.79. The third kappa shape index (κ3) is 5.56. The van der Waals surface area contributed by atoms with Crippen molar-refractivity contribution in [2.75, 3.05) is 26.7 Å². The van der Waals surface area contributed by atoms with Crippen LogP contribution < -0.4 is 0 Å². The highest BCUT2D eigenvalue weighted by Gasteiger charge is 2.27. The molecular weight excluding hydrogens is 316 g/mol. The number of hydrogen-bond acceptors (Lipinski definition) is 3. The highest BCUT2D eigenvalue weighted by molar-refractivity contribution is 5.78. The van der Waals surface area contributed by atoms with Crippen LogP contribution in [0.25, 0.3) is 0 Å². The molecule has 3 rings (SSSR count). The van der Waals surface area contributed by atoms with Crippen LogP contribution in [-0.2, 0) is 16.0 Å². The maximum Gasteiger partial charge on any atom is 0.290 e. The van der Waals surface area contributed by atoms with Crippen molar-refractivity contribution in [3.63, 3.8) is 0 Å². The molecule has 1 fully saturated rings. The van der Waals surface area contributed by atoms with Gasteiger partial charge in [0.2, 0.25) is 5.91 Å². The highest BCUT2D eigenvalue weighted by Crippen LogP contribution is 2.33. The first-order valence-corrected chi connectivity index (χ1v) is 9.31. The van der Waals surface area contributed by atoms with Crippen molar-refractivity contribution in [2.45, 2.75) is 51.0 Å². The number of nitrogens with zero attached hydrogens (tertiary/aromatic N) is 2. The normalized spacial score (nSPS) is 20.4. The average Bonchev–Trinajstić information content (AvgIpc) is 2.90. The minimum atomic E-state index is -0.250. The largest absolute Gasteiger partial charge is 0.483 e. The van der Waals surface area contributed by atoms with Crippen LogP contribution in [0.3, 0.4) is 0 Å². The number of fused-ring (bicyclic) bond motifs is 1. The smallest absolute Gasteiger partial charge is 0.290 e. The summed E-state index contributed by atoms with van der Waals surface area (Å²) in [6.45, 7) is 2.51. The van der Waals surface area contributed by atoms with Gasteiger partial charge in [0.15, 0.2) is 0 Å². The predicted octanol–water partition coefficient (Wildman–Crippen LogP) is 3.10. The second-order valence-corrected chi connectivity index (χ2v) is 6.91. The Balaban J connectivity index is 0.000000701. The van der Waals surface area contributed by atoms with Gasteiger partial charge in [0, 0.05) is 7.05 Å². The van der Waals surface area contributed by atoms with Crippen LogP contribution in [0.4, 0.5) is 0 Å². The van der Waals surface area contributed by atoms with Crippen LogP contribution in [-0.4, -0.2) is 54.0 Å². The van der Waals surface area contributed by atoms with Crippen LogP contribution in [0.5, 0.6) is 0 Å². The second kappa shape index (κ2) is 10.2. The topological polar surface area (TPSA) is 60.9 Å². The highest BCUT2D eigenvalue weighted by atomic mass is 16.3. The van der Waals surface area contributed by atoms with E-state index in [0.29, 0.717) is 6.54 Å². The number of carbonyl (C=O) groups is 2. The maximum absolute atomic E-state index is 12.7. The van der Waals surface area contributed by atoms with Crippen LogP contribution >= 0.6 is 0 Å². The van der Waals surface area contributed by atoms with Gasteiger partial charge in [-0.25, -0.2) is 0 Å². The van der Waals surface area contributed by atoms with Crippen molar-refractivity contribution in [1.82, 2.24) is 9.80 Å². The summed E-state index contributed by atoms with van der Waals surface area (Å²) in [6, 6.07) is 8.90. The molecule has 0 saturated carbocycles. The number of amides is 1.